The number of hydrogen-bond acceptors (Lipinski definition) is 1. The van der Waals surface area contributed by atoms with Gasteiger partial charge in [0, 0.05) is 40.0 Å². The van der Waals surface area contributed by atoms with Gasteiger partial charge < -0.3 is 9.88 Å². The largest absolute Gasteiger partial charge is 0.390 e. The summed E-state index contributed by atoms with van der Waals surface area (Å²) in [6.07, 6.45) is -1.44. The van der Waals surface area contributed by atoms with Gasteiger partial charge in [-0.2, -0.15) is 13.2 Å². The van der Waals surface area contributed by atoms with Gasteiger partial charge in [-0.1, -0.05) is 29.3 Å². The van der Waals surface area contributed by atoms with E-state index in [0.29, 0.717) is 34.0 Å². The third kappa shape index (κ3) is 4.01. The minimum Gasteiger partial charge on any atom is -0.357 e. The van der Waals surface area contributed by atoms with Crippen molar-refractivity contribution >= 4 is 29.1 Å². The first-order chi connectivity index (χ1) is 12.3. The number of alkyl halides is 3. The van der Waals surface area contributed by atoms with Crippen molar-refractivity contribution in [1.29, 1.82) is 0 Å². The van der Waals surface area contributed by atoms with Crippen molar-refractivity contribution in [3.05, 3.63) is 46.2 Å². The molecule has 0 radical (unpaired) electrons. The van der Waals surface area contributed by atoms with E-state index in [1.54, 1.807) is 30.5 Å². The van der Waals surface area contributed by atoms with Crippen molar-refractivity contribution < 1.29 is 18.0 Å². The molecule has 0 unspecified atom stereocenters. The lowest BCUT2D eigenvalue weighted by Crippen LogP contribution is -2.46. The van der Waals surface area contributed by atoms with Crippen molar-refractivity contribution in [3.63, 3.8) is 0 Å². The van der Waals surface area contributed by atoms with Crippen LogP contribution in [0.3, 0.4) is 0 Å². The smallest absolute Gasteiger partial charge is 0.357 e. The van der Waals surface area contributed by atoms with Crippen LogP contribution in [0.2, 0.25) is 10.0 Å². The van der Waals surface area contributed by atoms with Crippen molar-refractivity contribution in [2.45, 2.75) is 37.9 Å². The molecule has 0 atom stereocenters. The predicted octanol–water partition coefficient (Wildman–Crippen LogP) is 5.94. The molecular formula is C18H17Cl2F3N2O. The molecule has 0 spiro atoms. The standard InChI is InChI=1S/C18H17Cl2F3N2O/c19-13-5-2-6-14(20)15(13)12-7-9-24-16(12)17(26)25(11-3-1-4-11)10-8-18(21,22)23/h2,5-7,9,11,24H,1,3-4,8,10H2. The van der Waals surface area contributed by atoms with E-state index in [1.165, 1.54) is 4.90 Å². The molecule has 3 nitrogen and oxygen atoms in total. The van der Waals surface area contributed by atoms with Crippen LogP contribution in [0, 0.1) is 0 Å². The Bertz CT molecular complexity index is 780. The summed E-state index contributed by atoms with van der Waals surface area (Å²) in [5, 5.41) is 0.744. The second kappa shape index (κ2) is 7.53. The number of halogens is 5. The number of hydrogen-bond donors (Lipinski definition) is 1. The van der Waals surface area contributed by atoms with E-state index >= 15 is 0 Å². The number of H-pyrrole nitrogens is 1. The Balaban J connectivity index is 1.92. The highest BCUT2D eigenvalue weighted by molar-refractivity contribution is 6.39. The van der Waals surface area contributed by atoms with Crippen molar-refractivity contribution in [1.82, 2.24) is 9.88 Å². The van der Waals surface area contributed by atoms with Crippen LogP contribution in [0.25, 0.3) is 11.1 Å². The van der Waals surface area contributed by atoms with E-state index in [1.807, 2.05) is 0 Å². The number of benzene rings is 1. The third-order valence-electron chi connectivity index (χ3n) is 4.61. The fourth-order valence-corrected chi connectivity index (χ4v) is 3.65. The lowest BCUT2D eigenvalue weighted by molar-refractivity contribution is -0.138. The summed E-state index contributed by atoms with van der Waals surface area (Å²) in [6.45, 7) is -0.359. The number of aromatic amines is 1. The number of nitrogens with zero attached hydrogens (tertiary/aromatic N) is 1. The molecule has 1 heterocycles. The minimum absolute atomic E-state index is 0.164. The van der Waals surface area contributed by atoms with Crippen LogP contribution in [-0.2, 0) is 0 Å². The van der Waals surface area contributed by atoms with Crippen LogP contribution < -0.4 is 0 Å². The van der Waals surface area contributed by atoms with Gasteiger partial charge in [-0.25, -0.2) is 0 Å². The van der Waals surface area contributed by atoms with Crippen LogP contribution in [0.15, 0.2) is 30.5 Å². The minimum atomic E-state index is -4.31. The summed E-state index contributed by atoms with van der Waals surface area (Å²) in [5.74, 6) is -0.463. The molecule has 0 bridgehead atoms. The normalized spacial score (nSPS) is 15.0. The molecule has 1 amide bonds. The molecular weight excluding hydrogens is 388 g/mol. The predicted molar refractivity (Wildman–Crippen MR) is 95.6 cm³/mol. The highest BCUT2D eigenvalue weighted by Gasteiger charge is 2.35. The first-order valence-electron chi connectivity index (χ1n) is 8.27. The first kappa shape index (κ1) is 19.1. The van der Waals surface area contributed by atoms with Gasteiger partial charge in [-0.05, 0) is 37.5 Å². The molecule has 1 aliphatic rings. The Morgan fingerprint density at radius 1 is 1.19 bits per heavy atom. The molecule has 2 aromatic rings. The molecule has 8 heteroatoms. The summed E-state index contributed by atoms with van der Waals surface area (Å²) in [5.41, 5.74) is 1.18. The SMILES string of the molecule is O=C(c1[nH]ccc1-c1c(Cl)cccc1Cl)N(CCC(F)(F)F)C1CCC1. The fourth-order valence-electron chi connectivity index (χ4n) is 3.05. The average molecular weight is 405 g/mol. The zero-order chi connectivity index (χ0) is 18.9. The van der Waals surface area contributed by atoms with Crippen LogP contribution in [0.4, 0.5) is 13.2 Å². The maximum atomic E-state index is 13.0. The Morgan fingerprint density at radius 2 is 1.85 bits per heavy atom. The summed E-state index contributed by atoms with van der Waals surface area (Å²) in [7, 11) is 0. The topological polar surface area (TPSA) is 36.1 Å². The maximum absolute atomic E-state index is 13.0. The van der Waals surface area contributed by atoms with E-state index in [2.05, 4.69) is 4.98 Å². The lowest BCUT2D eigenvalue weighted by atomic mass is 9.90. The monoisotopic (exact) mass is 404 g/mol. The van der Waals surface area contributed by atoms with E-state index in [4.69, 9.17) is 23.2 Å². The molecule has 3 rings (SSSR count). The van der Waals surface area contributed by atoms with Gasteiger partial charge in [0.15, 0.2) is 0 Å². The van der Waals surface area contributed by atoms with Crippen LogP contribution in [-0.4, -0.2) is 34.6 Å². The zero-order valence-corrected chi connectivity index (χ0v) is 15.3. The average Bonchev–Trinajstić information content (AvgIpc) is 2.97. The highest BCUT2D eigenvalue weighted by Crippen LogP contribution is 2.37. The molecule has 1 N–H and O–H groups in total. The number of nitrogens with one attached hydrogen (secondary N) is 1. The quantitative estimate of drug-likeness (QED) is 0.657. The number of carbonyl (C=O) groups excluding carboxylic acids is 1. The van der Waals surface area contributed by atoms with Gasteiger partial charge in [0.25, 0.3) is 5.91 Å². The summed E-state index contributed by atoms with van der Waals surface area (Å²) in [6, 6.07) is 6.48. The number of aromatic nitrogens is 1. The van der Waals surface area contributed by atoms with Gasteiger partial charge in [-0.15, -0.1) is 0 Å². The molecule has 1 fully saturated rings. The van der Waals surface area contributed by atoms with Crippen molar-refractivity contribution in [2.24, 2.45) is 0 Å². The van der Waals surface area contributed by atoms with E-state index < -0.39 is 18.5 Å². The van der Waals surface area contributed by atoms with Crippen molar-refractivity contribution in [2.75, 3.05) is 6.54 Å². The Labute approximate surface area is 159 Å². The van der Waals surface area contributed by atoms with Gasteiger partial charge >= 0.3 is 6.18 Å². The van der Waals surface area contributed by atoms with E-state index in [0.717, 1.165) is 6.42 Å². The van der Waals surface area contributed by atoms with Gasteiger partial charge in [0.1, 0.15) is 5.69 Å². The van der Waals surface area contributed by atoms with Crippen LogP contribution in [0.5, 0.6) is 0 Å². The molecule has 1 saturated carbocycles. The molecule has 140 valence electrons. The van der Waals surface area contributed by atoms with E-state index in [-0.39, 0.29) is 18.3 Å². The Kier molecular flexibility index (Phi) is 5.53. The highest BCUT2D eigenvalue weighted by atomic mass is 35.5. The second-order valence-electron chi connectivity index (χ2n) is 6.31. The second-order valence-corrected chi connectivity index (χ2v) is 7.13. The molecule has 26 heavy (non-hydrogen) atoms. The number of amides is 1. The van der Waals surface area contributed by atoms with Gasteiger partial charge in [0.2, 0.25) is 0 Å². The molecule has 1 aliphatic carbocycles. The fraction of sp³-hybridized carbons (Fsp3) is 0.389. The Hall–Kier alpha value is -1.66. The zero-order valence-electron chi connectivity index (χ0n) is 13.7. The van der Waals surface area contributed by atoms with Crippen LogP contribution >= 0.6 is 23.2 Å². The number of rotatable bonds is 5. The first-order valence-corrected chi connectivity index (χ1v) is 9.03. The molecule has 1 aromatic carbocycles. The van der Waals surface area contributed by atoms with Gasteiger partial charge in [0.05, 0.1) is 6.42 Å². The molecule has 0 aliphatic heterocycles. The summed E-state index contributed by atoms with van der Waals surface area (Å²) >= 11 is 12.5. The van der Waals surface area contributed by atoms with Crippen molar-refractivity contribution in [3.8, 4) is 11.1 Å². The summed E-state index contributed by atoms with van der Waals surface area (Å²) < 4.78 is 38.0. The lowest BCUT2D eigenvalue weighted by Gasteiger charge is -2.37. The van der Waals surface area contributed by atoms with Gasteiger partial charge in [-0.3, -0.25) is 4.79 Å². The number of carbonyl (C=O) groups is 1. The maximum Gasteiger partial charge on any atom is 0.390 e. The molecule has 1 aromatic heterocycles. The summed E-state index contributed by atoms with van der Waals surface area (Å²) in [4.78, 5) is 17.2. The molecule has 0 saturated heterocycles. The van der Waals surface area contributed by atoms with E-state index in [9.17, 15) is 18.0 Å². The van der Waals surface area contributed by atoms with Crippen LogP contribution in [0.1, 0.15) is 36.2 Å². The Morgan fingerprint density at radius 3 is 2.38 bits per heavy atom. The third-order valence-corrected chi connectivity index (χ3v) is 5.24.